The molecule has 146 valence electrons. The summed E-state index contributed by atoms with van der Waals surface area (Å²) in [5.74, 6) is 2.88. The van der Waals surface area contributed by atoms with E-state index in [1.54, 1.807) is 0 Å². The van der Waals surface area contributed by atoms with Gasteiger partial charge >= 0.3 is 0 Å². The molecule has 2 aromatic rings. The van der Waals surface area contributed by atoms with Gasteiger partial charge in [0.25, 0.3) is 0 Å². The molecule has 0 N–H and O–H groups in total. The number of hydrogen-bond acceptors (Lipinski definition) is 3. The summed E-state index contributed by atoms with van der Waals surface area (Å²) in [6, 6.07) is 9.89. The van der Waals surface area contributed by atoms with Gasteiger partial charge in [-0.05, 0) is 41.7 Å². The highest BCUT2D eigenvalue weighted by molar-refractivity contribution is 6.00. The number of ether oxygens (including phenoxy) is 1. The molecular weight excluding hydrogens is 350 g/mol. The number of rotatable bonds is 7. The Kier molecular flexibility index (Phi) is 6.84. The molecule has 0 aromatic heterocycles. The highest BCUT2D eigenvalue weighted by Gasteiger charge is 2.25. The largest absolute Gasteiger partial charge is 0.378 e. The summed E-state index contributed by atoms with van der Waals surface area (Å²) in [5.41, 5.74) is 2.36. The summed E-state index contributed by atoms with van der Waals surface area (Å²) in [6.07, 6.45) is 9.90. The first-order valence-electron chi connectivity index (χ1n) is 10.0. The number of aldehydes is 1. The number of carbonyl (C=O) groups is 2. The summed E-state index contributed by atoms with van der Waals surface area (Å²) in [5, 5.41) is 1.88. The minimum atomic E-state index is 0.0492. The zero-order valence-electron chi connectivity index (χ0n) is 16.4. The number of fused-ring (bicyclic) bond motifs is 1. The Labute approximate surface area is 166 Å². The van der Waals surface area contributed by atoms with Crippen LogP contribution in [0.25, 0.3) is 10.8 Å². The van der Waals surface area contributed by atoms with E-state index in [4.69, 9.17) is 11.2 Å². The van der Waals surface area contributed by atoms with Crippen LogP contribution in [0.1, 0.15) is 47.7 Å². The van der Waals surface area contributed by atoms with Gasteiger partial charge in [0.15, 0.2) is 6.29 Å². The standard InChI is InChI=1S/C24H27NO3/c1-3-5-20(24(27)25-12-14-28-15-13-25)8-6-18-7-11-22-21(16-18)10-9-19(4-2)23(22)17-26/h2,7,9-11,16-17,20H,3,5-6,8,12-15H2,1H3. The van der Waals surface area contributed by atoms with Crippen molar-refractivity contribution in [3.63, 3.8) is 0 Å². The Morgan fingerprint density at radius 1 is 1.25 bits per heavy atom. The van der Waals surface area contributed by atoms with Crippen molar-refractivity contribution in [1.82, 2.24) is 4.90 Å². The van der Waals surface area contributed by atoms with Crippen LogP contribution in [-0.4, -0.2) is 43.4 Å². The van der Waals surface area contributed by atoms with Gasteiger partial charge in [-0.1, -0.05) is 43.5 Å². The van der Waals surface area contributed by atoms with Gasteiger partial charge in [0.2, 0.25) is 5.91 Å². The molecular formula is C24H27NO3. The van der Waals surface area contributed by atoms with Crippen LogP contribution in [0.2, 0.25) is 0 Å². The molecule has 2 aromatic carbocycles. The van der Waals surface area contributed by atoms with E-state index in [1.165, 1.54) is 5.56 Å². The number of aryl methyl sites for hydroxylation is 1. The van der Waals surface area contributed by atoms with Gasteiger partial charge < -0.3 is 9.64 Å². The van der Waals surface area contributed by atoms with Crippen molar-refractivity contribution in [2.45, 2.75) is 32.6 Å². The number of benzene rings is 2. The van der Waals surface area contributed by atoms with E-state index < -0.39 is 0 Å². The summed E-state index contributed by atoms with van der Waals surface area (Å²) in [4.78, 5) is 26.3. The molecule has 1 fully saturated rings. The van der Waals surface area contributed by atoms with Crippen molar-refractivity contribution < 1.29 is 14.3 Å². The minimum Gasteiger partial charge on any atom is -0.378 e. The predicted molar refractivity (Wildman–Crippen MR) is 111 cm³/mol. The van der Waals surface area contributed by atoms with Gasteiger partial charge in [-0.15, -0.1) is 6.42 Å². The molecule has 1 amide bonds. The average Bonchev–Trinajstić information content (AvgIpc) is 2.75. The molecule has 3 rings (SSSR count). The number of nitrogens with zero attached hydrogens (tertiary/aromatic N) is 1. The second kappa shape index (κ2) is 9.52. The fourth-order valence-electron chi connectivity index (χ4n) is 3.93. The van der Waals surface area contributed by atoms with E-state index in [-0.39, 0.29) is 11.8 Å². The minimum absolute atomic E-state index is 0.0492. The van der Waals surface area contributed by atoms with Crippen LogP contribution in [0.4, 0.5) is 0 Å². The molecule has 0 aliphatic carbocycles. The van der Waals surface area contributed by atoms with Crippen LogP contribution in [0.15, 0.2) is 30.3 Å². The Morgan fingerprint density at radius 3 is 2.71 bits per heavy atom. The maximum atomic E-state index is 12.9. The monoisotopic (exact) mass is 377 g/mol. The van der Waals surface area contributed by atoms with Gasteiger partial charge in [0.05, 0.1) is 13.2 Å². The predicted octanol–water partition coefficient (Wildman–Crippen LogP) is 3.84. The van der Waals surface area contributed by atoms with Crippen LogP contribution in [0.5, 0.6) is 0 Å². The molecule has 1 aliphatic heterocycles. The van der Waals surface area contributed by atoms with Gasteiger partial charge in [-0.25, -0.2) is 0 Å². The average molecular weight is 377 g/mol. The zero-order chi connectivity index (χ0) is 19.9. The number of terminal acetylenes is 1. The summed E-state index contributed by atoms with van der Waals surface area (Å²) in [7, 11) is 0. The maximum absolute atomic E-state index is 12.9. The molecule has 1 saturated heterocycles. The molecule has 28 heavy (non-hydrogen) atoms. The Balaban J connectivity index is 1.74. The van der Waals surface area contributed by atoms with Crippen molar-refractivity contribution >= 4 is 23.0 Å². The molecule has 0 bridgehead atoms. The van der Waals surface area contributed by atoms with Crippen LogP contribution in [0, 0.1) is 18.3 Å². The van der Waals surface area contributed by atoms with Crippen LogP contribution in [0.3, 0.4) is 0 Å². The van der Waals surface area contributed by atoms with Crippen molar-refractivity contribution in [1.29, 1.82) is 0 Å². The topological polar surface area (TPSA) is 46.6 Å². The van der Waals surface area contributed by atoms with Crippen molar-refractivity contribution in [2.75, 3.05) is 26.3 Å². The SMILES string of the molecule is C#Cc1ccc2cc(CCC(CCC)C(=O)N3CCOCC3)ccc2c1C=O. The normalized spacial score (nSPS) is 15.2. The molecule has 0 radical (unpaired) electrons. The highest BCUT2D eigenvalue weighted by Crippen LogP contribution is 2.25. The van der Waals surface area contributed by atoms with Gasteiger partial charge in [0, 0.05) is 30.1 Å². The third kappa shape index (κ3) is 4.43. The van der Waals surface area contributed by atoms with E-state index in [9.17, 15) is 9.59 Å². The first-order chi connectivity index (χ1) is 13.7. The highest BCUT2D eigenvalue weighted by atomic mass is 16.5. The fraction of sp³-hybridized carbons (Fsp3) is 0.417. The Hall–Kier alpha value is -2.64. The Bertz CT molecular complexity index is 891. The lowest BCUT2D eigenvalue weighted by Crippen LogP contribution is -2.43. The lowest BCUT2D eigenvalue weighted by molar-refractivity contribution is -0.140. The maximum Gasteiger partial charge on any atom is 0.225 e. The molecule has 1 heterocycles. The zero-order valence-corrected chi connectivity index (χ0v) is 16.4. The third-order valence-electron chi connectivity index (χ3n) is 5.49. The fourth-order valence-corrected chi connectivity index (χ4v) is 3.93. The van der Waals surface area contributed by atoms with Crippen molar-refractivity contribution in [3.05, 3.63) is 47.0 Å². The first kappa shape index (κ1) is 20.1. The van der Waals surface area contributed by atoms with E-state index in [0.29, 0.717) is 37.4 Å². The van der Waals surface area contributed by atoms with E-state index >= 15 is 0 Å². The molecule has 1 unspecified atom stereocenters. The van der Waals surface area contributed by atoms with E-state index in [1.807, 2.05) is 29.2 Å². The van der Waals surface area contributed by atoms with Crippen LogP contribution < -0.4 is 0 Å². The number of hydrogen-bond donors (Lipinski definition) is 0. The molecule has 0 saturated carbocycles. The molecule has 1 atom stereocenters. The smallest absolute Gasteiger partial charge is 0.225 e. The number of morpholine rings is 1. The third-order valence-corrected chi connectivity index (χ3v) is 5.49. The second-order valence-corrected chi connectivity index (χ2v) is 7.31. The first-order valence-corrected chi connectivity index (χ1v) is 10.0. The van der Waals surface area contributed by atoms with Gasteiger partial charge in [0.1, 0.15) is 0 Å². The van der Waals surface area contributed by atoms with Crippen molar-refractivity contribution in [2.24, 2.45) is 5.92 Å². The summed E-state index contributed by atoms with van der Waals surface area (Å²) < 4.78 is 5.36. The van der Waals surface area contributed by atoms with Gasteiger partial charge in [-0.3, -0.25) is 9.59 Å². The number of amides is 1. The van der Waals surface area contributed by atoms with Gasteiger partial charge in [-0.2, -0.15) is 0 Å². The second-order valence-electron chi connectivity index (χ2n) is 7.31. The Morgan fingerprint density at radius 2 is 2.04 bits per heavy atom. The summed E-state index contributed by atoms with van der Waals surface area (Å²) >= 11 is 0. The van der Waals surface area contributed by atoms with Crippen LogP contribution >= 0.6 is 0 Å². The van der Waals surface area contributed by atoms with E-state index in [0.717, 1.165) is 42.7 Å². The molecule has 1 aliphatic rings. The summed E-state index contributed by atoms with van der Waals surface area (Å²) in [6.45, 7) is 4.78. The number of carbonyl (C=O) groups excluding carboxylic acids is 2. The molecule has 0 spiro atoms. The van der Waals surface area contributed by atoms with Crippen molar-refractivity contribution in [3.8, 4) is 12.3 Å². The van der Waals surface area contributed by atoms with E-state index in [2.05, 4.69) is 18.9 Å². The molecule has 4 heteroatoms. The lowest BCUT2D eigenvalue weighted by Gasteiger charge is -2.30. The lowest BCUT2D eigenvalue weighted by atomic mass is 9.92. The van der Waals surface area contributed by atoms with Crippen LogP contribution in [-0.2, 0) is 16.0 Å². The molecule has 4 nitrogen and oxygen atoms in total. The quantitative estimate of drug-likeness (QED) is 0.544.